The quantitative estimate of drug-likeness (QED) is 0.718. The van der Waals surface area contributed by atoms with Gasteiger partial charge in [-0.15, -0.1) is 0 Å². The summed E-state index contributed by atoms with van der Waals surface area (Å²) in [6.45, 7) is 1.28. The van der Waals surface area contributed by atoms with Crippen LogP contribution in [-0.4, -0.2) is 30.6 Å². The summed E-state index contributed by atoms with van der Waals surface area (Å²) in [4.78, 5) is 22.3. The number of methoxy groups -OCH3 is 1. The zero-order valence-corrected chi connectivity index (χ0v) is 10.3. The van der Waals surface area contributed by atoms with Crippen LogP contribution in [-0.2, 0) is 9.59 Å². The molecule has 0 aliphatic carbocycles. The van der Waals surface area contributed by atoms with Crippen LogP contribution in [0, 0.1) is 0 Å². The minimum absolute atomic E-state index is 0.0604. The monoisotopic (exact) mass is 252 g/mol. The largest absolute Gasteiger partial charge is 0.495 e. The third-order valence-electron chi connectivity index (χ3n) is 2.49. The lowest BCUT2D eigenvalue weighted by molar-refractivity contribution is -0.138. The first-order valence-corrected chi connectivity index (χ1v) is 5.38. The summed E-state index contributed by atoms with van der Waals surface area (Å²) >= 11 is 0. The average Bonchev–Trinajstić information content (AvgIpc) is 2.30. The number of anilines is 1. The minimum atomic E-state index is -1.04. The van der Waals surface area contributed by atoms with Gasteiger partial charge in [0.2, 0.25) is 5.91 Å². The zero-order valence-electron chi connectivity index (χ0n) is 10.3. The van der Waals surface area contributed by atoms with E-state index in [1.807, 2.05) is 0 Å². The van der Waals surface area contributed by atoms with E-state index < -0.39 is 11.9 Å². The number of hydrogen-bond acceptors (Lipinski definition) is 4. The summed E-state index contributed by atoms with van der Waals surface area (Å²) in [6, 6.07) is 4.91. The Labute approximate surface area is 105 Å². The molecule has 1 aromatic rings. The summed E-state index contributed by atoms with van der Waals surface area (Å²) in [5.74, 6) is -1.83. The number of para-hydroxylation sites is 1. The molecule has 0 fully saturated rings. The number of ether oxygens (including phenoxy) is 1. The van der Waals surface area contributed by atoms with Gasteiger partial charge in [-0.2, -0.15) is 0 Å². The van der Waals surface area contributed by atoms with Crippen molar-refractivity contribution in [3.8, 4) is 5.75 Å². The first-order valence-electron chi connectivity index (χ1n) is 5.38. The third kappa shape index (κ3) is 2.98. The van der Waals surface area contributed by atoms with Gasteiger partial charge in [0, 0.05) is 13.5 Å². The Kier molecular flexibility index (Phi) is 4.67. The molecule has 98 valence electrons. The fraction of sp³-hybridized carbons (Fsp3) is 0.333. The van der Waals surface area contributed by atoms with Crippen LogP contribution in [0.3, 0.4) is 0 Å². The van der Waals surface area contributed by atoms with Crippen molar-refractivity contribution in [2.75, 3.05) is 19.0 Å². The maximum Gasteiger partial charge on any atom is 0.312 e. The van der Waals surface area contributed by atoms with Crippen molar-refractivity contribution >= 4 is 17.6 Å². The number of carboxylic acid groups (broad SMARTS) is 1. The molecule has 0 saturated heterocycles. The maximum atomic E-state index is 11.2. The molecule has 1 amide bonds. The number of nitrogens with one attached hydrogen (secondary N) is 1. The van der Waals surface area contributed by atoms with Gasteiger partial charge in [-0.25, -0.2) is 0 Å². The number of hydrogen-bond donors (Lipinski definition) is 3. The second-order valence-electron chi connectivity index (χ2n) is 3.73. The molecule has 4 N–H and O–H groups in total. The summed E-state index contributed by atoms with van der Waals surface area (Å²) in [6.07, 6.45) is 0. The Morgan fingerprint density at radius 1 is 1.50 bits per heavy atom. The first kappa shape index (κ1) is 14.0. The van der Waals surface area contributed by atoms with Crippen molar-refractivity contribution in [3.63, 3.8) is 0 Å². The van der Waals surface area contributed by atoms with Gasteiger partial charge in [0.15, 0.2) is 0 Å². The van der Waals surface area contributed by atoms with Gasteiger partial charge < -0.3 is 20.9 Å². The lowest BCUT2D eigenvalue weighted by Crippen LogP contribution is -2.23. The second kappa shape index (κ2) is 6.02. The number of carbonyl (C=O) groups is 2. The van der Waals surface area contributed by atoms with E-state index in [1.165, 1.54) is 14.0 Å². The molecule has 0 spiro atoms. The van der Waals surface area contributed by atoms with Crippen LogP contribution in [0.2, 0.25) is 0 Å². The molecule has 0 heterocycles. The van der Waals surface area contributed by atoms with Gasteiger partial charge in [0.1, 0.15) is 5.75 Å². The molecule has 0 aliphatic rings. The van der Waals surface area contributed by atoms with Crippen LogP contribution >= 0.6 is 0 Å². The van der Waals surface area contributed by atoms with Crippen molar-refractivity contribution in [3.05, 3.63) is 23.8 Å². The van der Waals surface area contributed by atoms with Crippen molar-refractivity contribution < 1.29 is 19.4 Å². The number of aliphatic carboxylic acids is 1. The Balaban J connectivity index is 3.32. The SMILES string of the molecule is COc1cccc(C(CN)C(=O)O)c1NC(C)=O. The van der Waals surface area contributed by atoms with Gasteiger partial charge >= 0.3 is 5.97 Å². The average molecular weight is 252 g/mol. The van der Waals surface area contributed by atoms with Crippen LogP contribution in [0.4, 0.5) is 5.69 Å². The van der Waals surface area contributed by atoms with E-state index in [4.69, 9.17) is 15.6 Å². The Hall–Kier alpha value is -2.08. The van der Waals surface area contributed by atoms with Gasteiger partial charge in [0.25, 0.3) is 0 Å². The van der Waals surface area contributed by atoms with Crippen LogP contribution in [0.15, 0.2) is 18.2 Å². The highest BCUT2D eigenvalue weighted by Crippen LogP contribution is 2.33. The normalized spacial score (nSPS) is 11.7. The molecule has 18 heavy (non-hydrogen) atoms. The topological polar surface area (TPSA) is 102 Å². The molecule has 0 aromatic heterocycles. The zero-order chi connectivity index (χ0) is 13.7. The minimum Gasteiger partial charge on any atom is -0.495 e. The summed E-state index contributed by atoms with van der Waals surface area (Å²) in [5.41, 5.74) is 6.24. The highest BCUT2D eigenvalue weighted by molar-refractivity contribution is 5.93. The van der Waals surface area contributed by atoms with Crippen LogP contribution < -0.4 is 15.8 Å². The molecule has 0 radical (unpaired) electrons. The van der Waals surface area contributed by atoms with Crippen LogP contribution in [0.1, 0.15) is 18.4 Å². The van der Waals surface area contributed by atoms with Crippen molar-refractivity contribution in [2.45, 2.75) is 12.8 Å². The Morgan fingerprint density at radius 2 is 2.17 bits per heavy atom. The second-order valence-corrected chi connectivity index (χ2v) is 3.73. The van der Waals surface area contributed by atoms with E-state index in [2.05, 4.69) is 5.32 Å². The van der Waals surface area contributed by atoms with Crippen LogP contribution in [0.25, 0.3) is 0 Å². The van der Waals surface area contributed by atoms with Gasteiger partial charge in [-0.1, -0.05) is 12.1 Å². The molecule has 1 aromatic carbocycles. The standard InChI is InChI=1S/C12H16N2O4/c1-7(15)14-11-8(9(6-13)12(16)17)4-3-5-10(11)18-2/h3-5,9H,6,13H2,1-2H3,(H,14,15)(H,16,17). The highest BCUT2D eigenvalue weighted by Gasteiger charge is 2.23. The number of nitrogens with two attached hydrogens (primary N) is 1. The van der Waals surface area contributed by atoms with Gasteiger partial charge in [-0.05, 0) is 11.6 Å². The fourth-order valence-electron chi connectivity index (χ4n) is 1.68. The van der Waals surface area contributed by atoms with E-state index in [-0.39, 0.29) is 12.5 Å². The van der Waals surface area contributed by atoms with Crippen molar-refractivity contribution in [1.82, 2.24) is 0 Å². The molecule has 0 aliphatic heterocycles. The lowest BCUT2D eigenvalue weighted by atomic mass is 9.97. The van der Waals surface area contributed by atoms with Gasteiger partial charge in [-0.3, -0.25) is 9.59 Å². The number of benzene rings is 1. The summed E-state index contributed by atoms with van der Waals surface area (Å²) < 4.78 is 5.11. The number of carbonyl (C=O) groups excluding carboxylic acids is 1. The molecule has 1 rings (SSSR count). The summed E-state index contributed by atoms with van der Waals surface area (Å²) in [5, 5.41) is 11.7. The Bertz CT molecular complexity index is 459. The highest BCUT2D eigenvalue weighted by atomic mass is 16.5. The molecular formula is C12H16N2O4. The van der Waals surface area contributed by atoms with E-state index in [0.29, 0.717) is 17.0 Å². The van der Waals surface area contributed by atoms with E-state index >= 15 is 0 Å². The van der Waals surface area contributed by atoms with Gasteiger partial charge in [0.05, 0.1) is 18.7 Å². The smallest absolute Gasteiger partial charge is 0.312 e. The van der Waals surface area contributed by atoms with Crippen LogP contribution in [0.5, 0.6) is 5.75 Å². The lowest BCUT2D eigenvalue weighted by Gasteiger charge is -2.18. The molecule has 0 saturated carbocycles. The molecule has 6 nitrogen and oxygen atoms in total. The van der Waals surface area contributed by atoms with Crippen molar-refractivity contribution in [1.29, 1.82) is 0 Å². The number of amides is 1. The van der Waals surface area contributed by atoms with E-state index in [0.717, 1.165) is 0 Å². The summed E-state index contributed by atoms with van der Waals surface area (Å²) in [7, 11) is 1.45. The molecule has 1 atom stereocenters. The molecule has 0 bridgehead atoms. The predicted octanol–water partition coefficient (Wildman–Crippen LogP) is 0.780. The maximum absolute atomic E-state index is 11.2. The van der Waals surface area contributed by atoms with Crippen molar-refractivity contribution in [2.24, 2.45) is 5.73 Å². The first-order chi connectivity index (χ1) is 8.51. The fourth-order valence-corrected chi connectivity index (χ4v) is 1.68. The van der Waals surface area contributed by atoms with E-state index in [1.54, 1.807) is 18.2 Å². The molecule has 1 unspecified atom stereocenters. The molecular weight excluding hydrogens is 236 g/mol. The number of carboxylic acids is 1. The molecule has 6 heteroatoms. The van der Waals surface area contributed by atoms with E-state index in [9.17, 15) is 9.59 Å². The number of rotatable bonds is 5. The predicted molar refractivity (Wildman–Crippen MR) is 66.7 cm³/mol. The Morgan fingerprint density at radius 3 is 2.61 bits per heavy atom. The third-order valence-corrected chi connectivity index (χ3v) is 2.49.